The number of benzene rings is 1. The lowest BCUT2D eigenvalue weighted by molar-refractivity contribution is -0.136. The van der Waals surface area contributed by atoms with Crippen LogP contribution in [0.25, 0.3) is 0 Å². The predicted molar refractivity (Wildman–Crippen MR) is 128 cm³/mol. The van der Waals surface area contributed by atoms with Gasteiger partial charge < -0.3 is 9.80 Å². The Kier molecular flexibility index (Phi) is 6.90. The van der Waals surface area contributed by atoms with E-state index in [4.69, 9.17) is 0 Å². The Labute approximate surface area is 188 Å². The second kappa shape index (κ2) is 8.97. The summed E-state index contributed by atoms with van der Waals surface area (Å²) >= 11 is 0. The number of hydrogen-bond acceptors (Lipinski definition) is 4. The number of nitrogens with zero attached hydrogens (tertiary/aromatic N) is 2. The lowest BCUT2D eigenvalue weighted by Gasteiger charge is -2.29. The second-order valence-corrected chi connectivity index (χ2v) is 12.2. The van der Waals surface area contributed by atoms with Crippen molar-refractivity contribution < 1.29 is 13.2 Å². The second-order valence-electron chi connectivity index (χ2n) is 9.93. The van der Waals surface area contributed by atoms with E-state index >= 15 is 0 Å². The van der Waals surface area contributed by atoms with Crippen LogP contribution in [0.1, 0.15) is 53.5 Å². The van der Waals surface area contributed by atoms with E-state index in [1.807, 2.05) is 4.90 Å². The maximum absolute atomic E-state index is 13.7. The molecule has 3 rings (SSSR count). The highest BCUT2D eigenvalue weighted by Crippen LogP contribution is 2.60. The Hall–Kier alpha value is -1.82. The summed E-state index contributed by atoms with van der Waals surface area (Å²) in [6.07, 6.45) is 2.73. The number of sulfone groups is 1. The van der Waals surface area contributed by atoms with Crippen molar-refractivity contribution in [1.82, 2.24) is 4.90 Å². The molecular weight excluding hydrogens is 408 g/mol. The van der Waals surface area contributed by atoms with Gasteiger partial charge >= 0.3 is 0 Å². The summed E-state index contributed by atoms with van der Waals surface area (Å²) in [7, 11) is -3.07. The zero-order valence-corrected chi connectivity index (χ0v) is 20.7. The fraction of sp³-hybridized carbons (Fsp3) is 0.640. The van der Waals surface area contributed by atoms with E-state index in [9.17, 15) is 13.2 Å². The Morgan fingerprint density at radius 3 is 2.23 bits per heavy atom. The van der Waals surface area contributed by atoms with Gasteiger partial charge in [0.05, 0.1) is 17.4 Å². The van der Waals surface area contributed by atoms with E-state index in [-0.39, 0.29) is 40.7 Å². The summed E-state index contributed by atoms with van der Waals surface area (Å²) in [5.74, 6) is 0.489. The van der Waals surface area contributed by atoms with E-state index in [1.165, 1.54) is 11.3 Å². The molecule has 2 fully saturated rings. The molecule has 1 saturated carbocycles. The van der Waals surface area contributed by atoms with Crippen molar-refractivity contribution in [3.8, 4) is 0 Å². The molecule has 6 heteroatoms. The molecule has 1 aromatic rings. The number of hydrogen-bond donors (Lipinski definition) is 0. The van der Waals surface area contributed by atoms with Crippen molar-refractivity contribution in [1.29, 1.82) is 0 Å². The fourth-order valence-electron chi connectivity index (χ4n) is 5.00. The quantitative estimate of drug-likeness (QED) is 0.559. The van der Waals surface area contributed by atoms with Crippen LogP contribution < -0.4 is 4.90 Å². The molecule has 172 valence electrons. The van der Waals surface area contributed by atoms with Gasteiger partial charge in [-0.2, -0.15) is 0 Å². The molecule has 0 bridgehead atoms. The van der Waals surface area contributed by atoms with Gasteiger partial charge in [0.1, 0.15) is 0 Å². The molecule has 0 N–H and O–H groups in total. The van der Waals surface area contributed by atoms with E-state index in [1.54, 1.807) is 0 Å². The van der Waals surface area contributed by atoms with Gasteiger partial charge in [0.25, 0.3) is 0 Å². The minimum Gasteiger partial charge on any atom is -0.372 e. The molecule has 1 amide bonds. The van der Waals surface area contributed by atoms with Gasteiger partial charge in [-0.15, -0.1) is 0 Å². The third kappa shape index (κ3) is 5.16. The fourth-order valence-corrected chi connectivity index (χ4v) is 6.73. The molecule has 2 aliphatic rings. The molecular formula is C25H38N2O3S. The minimum atomic E-state index is -3.07. The van der Waals surface area contributed by atoms with E-state index in [0.717, 1.165) is 18.7 Å². The average Bonchev–Trinajstić information content (AvgIpc) is 3.02. The van der Waals surface area contributed by atoms with Crippen molar-refractivity contribution in [3.05, 3.63) is 41.5 Å². The summed E-state index contributed by atoms with van der Waals surface area (Å²) in [5.41, 5.74) is 3.35. The molecule has 1 saturated heterocycles. The van der Waals surface area contributed by atoms with Crippen LogP contribution >= 0.6 is 0 Å². The van der Waals surface area contributed by atoms with Gasteiger partial charge in [0.2, 0.25) is 5.91 Å². The molecule has 0 radical (unpaired) electrons. The van der Waals surface area contributed by atoms with Crippen molar-refractivity contribution in [2.75, 3.05) is 29.5 Å². The first-order chi connectivity index (χ1) is 14.5. The van der Waals surface area contributed by atoms with Crippen molar-refractivity contribution >= 4 is 21.4 Å². The molecule has 0 aromatic heterocycles. The Morgan fingerprint density at radius 2 is 1.74 bits per heavy atom. The lowest BCUT2D eigenvalue weighted by atomic mass is 10.1. The maximum Gasteiger partial charge on any atom is 0.227 e. The molecule has 1 aromatic carbocycles. The molecule has 5 nitrogen and oxygen atoms in total. The largest absolute Gasteiger partial charge is 0.372 e. The highest BCUT2D eigenvalue weighted by atomic mass is 32.2. The SMILES string of the molecule is CCN(CC)c1ccc(CN(C(=O)[C@H]2[C@@H](C=C(C)C)C2(C)C)[C@@H]2CCS(=O)(=O)C2)cc1. The van der Waals surface area contributed by atoms with E-state index in [0.29, 0.717) is 13.0 Å². The normalized spacial score (nSPS) is 25.7. The van der Waals surface area contributed by atoms with Crippen molar-refractivity contribution in [2.45, 2.75) is 60.5 Å². The lowest BCUT2D eigenvalue weighted by Crippen LogP contribution is -2.42. The monoisotopic (exact) mass is 446 g/mol. The molecule has 1 aliphatic heterocycles. The summed E-state index contributed by atoms with van der Waals surface area (Å²) in [5, 5.41) is 0. The van der Waals surface area contributed by atoms with Gasteiger partial charge in [0, 0.05) is 31.4 Å². The Morgan fingerprint density at radius 1 is 1.13 bits per heavy atom. The minimum absolute atomic E-state index is 0.0801. The third-order valence-corrected chi connectivity index (χ3v) is 8.79. The Balaban J connectivity index is 1.84. The molecule has 3 atom stereocenters. The zero-order chi connectivity index (χ0) is 23.0. The molecule has 1 heterocycles. The van der Waals surface area contributed by atoms with Gasteiger partial charge in [0.15, 0.2) is 9.84 Å². The van der Waals surface area contributed by atoms with Crippen LogP contribution in [0, 0.1) is 17.3 Å². The highest BCUT2D eigenvalue weighted by Gasteiger charge is 2.61. The van der Waals surface area contributed by atoms with Crippen molar-refractivity contribution in [2.24, 2.45) is 17.3 Å². The Bertz CT molecular complexity index is 926. The van der Waals surface area contributed by atoms with Crippen LogP contribution in [-0.4, -0.2) is 49.9 Å². The van der Waals surface area contributed by atoms with Crippen LogP contribution in [0.4, 0.5) is 5.69 Å². The van der Waals surface area contributed by atoms with Crippen molar-refractivity contribution in [3.63, 3.8) is 0 Å². The average molecular weight is 447 g/mol. The number of allylic oxidation sites excluding steroid dienone is 2. The van der Waals surface area contributed by atoms with Crippen LogP contribution in [0.15, 0.2) is 35.9 Å². The first-order valence-corrected chi connectivity index (χ1v) is 13.3. The summed E-state index contributed by atoms with van der Waals surface area (Å²) in [4.78, 5) is 17.8. The van der Waals surface area contributed by atoms with E-state index < -0.39 is 9.84 Å². The molecule has 1 aliphatic carbocycles. The number of anilines is 1. The number of carbonyl (C=O) groups is 1. The van der Waals surface area contributed by atoms with Gasteiger partial charge in [-0.1, -0.05) is 37.6 Å². The van der Waals surface area contributed by atoms with Crippen LogP contribution in [0.5, 0.6) is 0 Å². The van der Waals surface area contributed by atoms with Gasteiger partial charge in [-0.05, 0) is 63.1 Å². The number of rotatable bonds is 8. The summed E-state index contributed by atoms with van der Waals surface area (Å²) in [6.45, 7) is 15.0. The molecule has 0 spiro atoms. The third-order valence-electron chi connectivity index (χ3n) is 7.04. The smallest absolute Gasteiger partial charge is 0.227 e. The topological polar surface area (TPSA) is 57.7 Å². The van der Waals surface area contributed by atoms with Crippen LogP contribution in [0.2, 0.25) is 0 Å². The summed E-state index contributed by atoms with van der Waals surface area (Å²) < 4.78 is 24.4. The predicted octanol–water partition coefficient (Wildman–Crippen LogP) is 4.29. The zero-order valence-electron chi connectivity index (χ0n) is 19.9. The maximum atomic E-state index is 13.7. The molecule has 31 heavy (non-hydrogen) atoms. The first kappa shape index (κ1) is 23.8. The number of amides is 1. The van der Waals surface area contributed by atoms with Gasteiger partial charge in [-0.3, -0.25) is 4.79 Å². The van der Waals surface area contributed by atoms with Gasteiger partial charge in [-0.25, -0.2) is 8.42 Å². The van der Waals surface area contributed by atoms with Crippen LogP contribution in [-0.2, 0) is 21.2 Å². The number of carbonyl (C=O) groups excluding carboxylic acids is 1. The highest BCUT2D eigenvalue weighted by molar-refractivity contribution is 7.91. The standard InChI is InChI=1S/C25H38N2O3S/c1-7-26(8-2)20-11-9-19(10-12-20)16-27(21-13-14-31(29,30)17-21)24(28)23-22(15-18(3)4)25(23,5)6/h9-12,15,21-23H,7-8,13-14,16-17H2,1-6H3/t21-,22-,23-/m1/s1. The van der Waals surface area contributed by atoms with Crippen LogP contribution in [0.3, 0.4) is 0 Å². The first-order valence-electron chi connectivity index (χ1n) is 11.5. The molecule has 0 unspecified atom stereocenters. The summed E-state index contributed by atoms with van der Waals surface area (Å²) in [6, 6.07) is 8.11. The van der Waals surface area contributed by atoms with E-state index in [2.05, 4.69) is 76.8 Å².